The molecule has 0 aliphatic heterocycles. The summed E-state index contributed by atoms with van der Waals surface area (Å²) in [6.07, 6.45) is 0. The van der Waals surface area contributed by atoms with E-state index in [1.165, 1.54) is 0 Å². The van der Waals surface area contributed by atoms with Crippen molar-refractivity contribution in [3.8, 4) is 0 Å². The Morgan fingerprint density at radius 3 is 2.00 bits per heavy atom. The molecule has 0 saturated carbocycles. The molecule has 0 spiro atoms. The summed E-state index contributed by atoms with van der Waals surface area (Å²) < 4.78 is 0. The number of primary amides is 1. The normalized spacial score (nSPS) is 6.00. The van der Waals surface area contributed by atoms with Crippen molar-refractivity contribution >= 4 is 13.7 Å². The first kappa shape index (κ1) is 3.53. The maximum Gasteiger partial charge on any atom is 0.200 e. The molecule has 0 aromatic rings. The Kier molecular flexibility index (Phi) is 0.821. The van der Waals surface area contributed by atoms with Crippen LogP contribution in [0.1, 0.15) is 0 Å². The van der Waals surface area contributed by atoms with Crippen molar-refractivity contribution in [2.75, 3.05) is 0 Å². The van der Waals surface area contributed by atoms with Crippen molar-refractivity contribution in [1.82, 2.24) is 0 Å². The van der Waals surface area contributed by atoms with E-state index in [0.29, 0.717) is 0 Å². The number of amides is 1. The predicted octanol–water partition coefficient (Wildman–Crippen LogP) is -0.766. The summed E-state index contributed by atoms with van der Waals surface area (Å²) in [7, 11) is 4.25. The number of hydrogen-bond acceptors (Lipinski definition) is 1. The van der Waals surface area contributed by atoms with Crippen molar-refractivity contribution < 1.29 is 4.79 Å². The first-order chi connectivity index (χ1) is 1.73. The van der Waals surface area contributed by atoms with Crippen molar-refractivity contribution in [2.45, 2.75) is 0 Å². The highest BCUT2D eigenvalue weighted by molar-refractivity contribution is 6.56. The molecule has 0 bridgehead atoms. The van der Waals surface area contributed by atoms with E-state index in [1.54, 1.807) is 0 Å². The average Bonchev–Trinajstić information content (AvgIpc) is 0.811. The zero-order valence-electron chi connectivity index (χ0n) is 2.06. The second-order valence-electron chi connectivity index (χ2n) is 0.402. The van der Waals surface area contributed by atoms with Gasteiger partial charge in [0.15, 0.2) is 13.7 Å². The van der Waals surface area contributed by atoms with Crippen LogP contribution < -0.4 is 5.73 Å². The first-order valence-electron chi connectivity index (χ1n) is 0.781. The quantitative estimate of drug-likeness (QED) is 0.363. The lowest BCUT2D eigenvalue weighted by atomic mass is 10.2. The molecule has 0 aliphatic carbocycles. The molecule has 0 fully saturated rings. The topological polar surface area (TPSA) is 43.1 Å². The number of carbonyl (C=O) groups is 1. The summed E-state index contributed by atoms with van der Waals surface area (Å²) in [5, 5.41) is 0. The SMILES string of the molecule is [B]C(N)=O. The van der Waals surface area contributed by atoms with Crippen LogP contribution in [0.5, 0.6) is 0 Å². The molecule has 0 rings (SSSR count). The molecule has 2 radical (unpaired) electrons. The molecule has 2 nitrogen and oxygen atoms in total. The van der Waals surface area contributed by atoms with Gasteiger partial charge >= 0.3 is 0 Å². The van der Waals surface area contributed by atoms with Crippen LogP contribution in [0.3, 0.4) is 0 Å². The second kappa shape index (κ2) is 0.929. The van der Waals surface area contributed by atoms with Crippen LogP contribution >= 0.6 is 0 Å². The third kappa shape index (κ3) is 2.03. The second-order valence-corrected chi connectivity index (χ2v) is 0.402. The Morgan fingerprint density at radius 2 is 2.00 bits per heavy atom. The third-order valence-electron chi connectivity index (χ3n) is 0. The molecule has 0 unspecified atom stereocenters. The largest absolute Gasteiger partial charge is 0.380 e. The number of carbonyl (C=O) groups excluding carboxylic acids is 1. The van der Waals surface area contributed by atoms with E-state index in [2.05, 4.69) is 13.6 Å². The molecule has 4 heavy (non-hydrogen) atoms. The summed E-state index contributed by atoms with van der Waals surface area (Å²) in [5.74, 6) is -0.833. The zero-order chi connectivity index (χ0) is 3.58. The lowest BCUT2D eigenvalue weighted by Gasteiger charge is -1.60. The van der Waals surface area contributed by atoms with Gasteiger partial charge in [-0.15, -0.1) is 0 Å². The van der Waals surface area contributed by atoms with Crippen molar-refractivity contribution in [1.29, 1.82) is 0 Å². The van der Waals surface area contributed by atoms with E-state index in [9.17, 15) is 0 Å². The molecule has 2 N–H and O–H groups in total. The highest BCUT2D eigenvalue weighted by Gasteiger charge is 1.62. The zero-order valence-corrected chi connectivity index (χ0v) is 2.06. The monoisotopic (exact) mass is 55.0 g/mol. The summed E-state index contributed by atoms with van der Waals surface area (Å²) >= 11 is 0. The van der Waals surface area contributed by atoms with Gasteiger partial charge in [0, 0.05) is 0 Å². The van der Waals surface area contributed by atoms with Gasteiger partial charge < -0.3 is 5.73 Å². The van der Waals surface area contributed by atoms with Crippen LogP contribution in [0.2, 0.25) is 0 Å². The fourth-order valence-corrected chi connectivity index (χ4v) is 0. The van der Waals surface area contributed by atoms with Crippen molar-refractivity contribution in [3.05, 3.63) is 0 Å². The van der Waals surface area contributed by atoms with Gasteiger partial charge in [0.25, 0.3) is 0 Å². The van der Waals surface area contributed by atoms with Gasteiger partial charge in [0.05, 0.1) is 0 Å². The summed E-state index contributed by atoms with van der Waals surface area (Å²) in [6.45, 7) is 0. The van der Waals surface area contributed by atoms with E-state index < -0.39 is 5.81 Å². The minimum absolute atomic E-state index is 0.833. The van der Waals surface area contributed by atoms with Crippen molar-refractivity contribution in [3.63, 3.8) is 0 Å². The Balaban J connectivity index is 2.80. The maximum absolute atomic E-state index is 9.00. The van der Waals surface area contributed by atoms with Crippen molar-refractivity contribution in [2.24, 2.45) is 5.73 Å². The van der Waals surface area contributed by atoms with Gasteiger partial charge in [-0.1, -0.05) is 0 Å². The van der Waals surface area contributed by atoms with E-state index in [1.807, 2.05) is 0 Å². The van der Waals surface area contributed by atoms with Crippen LogP contribution in [-0.2, 0) is 0 Å². The van der Waals surface area contributed by atoms with Gasteiger partial charge in [0.1, 0.15) is 0 Å². The smallest absolute Gasteiger partial charge is 0.200 e. The van der Waals surface area contributed by atoms with Crippen LogP contribution in [-0.4, -0.2) is 13.7 Å². The van der Waals surface area contributed by atoms with Crippen LogP contribution in [0.25, 0.3) is 0 Å². The summed E-state index contributed by atoms with van der Waals surface area (Å²) in [5.41, 5.74) is 4.25. The van der Waals surface area contributed by atoms with E-state index in [4.69, 9.17) is 4.79 Å². The molecule has 20 valence electrons. The van der Waals surface area contributed by atoms with Crippen LogP contribution in [0.15, 0.2) is 0 Å². The minimum Gasteiger partial charge on any atom is -0.380 e. The fourth-order valence-electron chi connectivity index (χ4n) is 0. The molecule has 3 heteroatoms. The molecule has 0 aromatic carbocycles. The fraction of sp³-hybridized carbons (Fsp3) is 0. The van der Waals surface area contributed by atoms with Gasteiger partial charge in [-0.3, -0.25) is 4.79 Å². The minimum atomic E-state index is -0.833. The Hall–Kier alpha value is -0.465. The summed E-state index contributed by atoms with van der Waals surface area (Å²) in [6, 6.07) is 0. The number of nitrogens with two attached hydrogens (primary N) is 1. The molecule has 0 atom stereocenters. The Labute approximate surface area is 25.4 Å². The first-order valence-corrected chi connectivity index (χ1v) is 0.781. The van der Waals surface area contributed by atoms with E-state index in [-0.39, 0.29) is 0 Å². The van der Waals surface area contributed by atoms with E-state index in [0.717, 1.165) is 0 Å². The van der Waals surface area contributed by atoms with Gasteiger partial charge in [-0.25, -0.2) is 0 Å². The molecule has 1 amide bonds. The lowest BCUT2D eigenvalue weighted by molar-refractivity contribution is 0.266. The molecular weight excluding hydrogens is 52.8 g/mol. The molecule has 0 heterocycles. The Bertz CT molecular complexity index is 31.0. The number of hydrogen-bond donors (Lipinski definition) is 1. The highest BCUT2D eigenvalue weighted by atomic mass is 16.1. The standard InChI is InChI=1S/CH2BNO/c2-1(3)4/h(H2,3,4). The predicted molar refractivity (Wildman–Crippen MR) is 15.3 cm³/mol. The van der Waals surface area contributed by atoms with Gasteiger partial charge in [-0.2, -0.15) is 0 Å². The molecule has 0 aromatic heterocycles. The summed E-state index contributed by atoms with van der Waals surface area (Å²) in [4.78, 5) is 9.00. The van der Waals surface area contributed by atoms with Gasteiger partial charge in [0.2, 0.25) is 0 Å². The average molecular weight is 54.8 g/mol. The number of rotatable bonds is 0. The molecule has 0 saturated heterocycles. The highest BCUT2D eigenvalue weighted by Crippen LogP contribution is 1.33. The lowest BCUT2D eigenvalue weighted by Crippen LogP contribution is -2.05. The third-order valence-corrected chi connectivity index (χ3v) is 0. The molecule has 0 aliphatic rings. The van der Waals surface area contributed by atoms with E-state index >= 15 is 0 Å². The van der Waals surface area contributed by atoms with Gasteiger partial charge in [-0.05, 0) is 0 Å². The van der Waals surface area contributed by atoms with Crippen LogP contribution in [0, 0.1) is 0 Å². The van der Waals surface area contributed by atoms with Crippen LogP contribution in [0.4, 0.5) is 4.79 Å². The maximum atomic E-state index is 9.00. The molecular formula is CH2BNO. The Morgan fingerprint density at radius 1 is 2.00 bits per heavy atom.